The Balaban J connectivity index is 3.38. The van der Waals surface area contributed by atoms with E-state index in [1.807, 2.05) is 6.08 Å². The van der Waals surface area contributed by atoms with Crippen molar-refractivity contribution in [2.75, 3.05) is 0 Å². The molecule has 0 aromatic rings. The summed E-state index contributed by atoms with van der Waals surface area (Å²) in [5.74, 6) is 11.1. The first-order valence-corrected chi connectivity index (χ1v) is 12.4. The zero-order valence-electron chi connectivity index (χ0n) is 20.0. The van der Waals surface area contributed by atoms with Crippen molar-refractivity contribution in [2.24, 2.45) is 0 Å². The standard InChI is InChI=1S/C30H44O2/c1-3-29(31)27-25-23-21-19-17-15-13-11-9-7-5-6-8-10-12-14-16-18-20-22-24-26-28-30(32)4-2/h1-2,5-6,9,11,26,28-32H,7-8,13-25,27H2/b6-5-,11-9-,28-26+/t29-,30+/m0/s1. The van der Waals surface area contributed by atoms with Gasteiger partial charge in [0, 0.05) is 12.8 Å². The Labute approximate surface area is 198 Å². The zero-order valence-corrected chi connectivity index (χ0v) is 20.0. The van der Waals surface area contributed by atoms with E-state index in [0.29, 0.717) is 0 Å². The minimum absolute atomic E-state index is 0.557. The summed E-state index contributed by atoms with van der Waals surface area (Å²) in [6.45, 7) is 0. The van der Waals surface area contributed by atoms with Gasteiger partial charge in [-0.15, -0.1) is 18.8 Å². The van der Waals surface area contributed by atoms with E-state index >= 15 is 0 Å². The predicted molar refractivity (Wildman–Crippen MR) is 139 cm³/mol. The molecule has 0 aliphatic carbocycles. The number of hydrogen-bond acceptors (Lipinski definition) is 2. The molecule has 0 aliphatic rings. The molecule has 2 heteroatoms. The summed E-state index contributed by atoms with van der Waals surface area (Å²) < 4.78 is 0. The molecule has 2 nitrogen and oxygen atoms in total. The molecule has 0 saturated heterocycles. The molecule has 0 radical (unpaired) electrons. The molecule has 0 aliphatic heterocycles. The minimum atomic E-state index is -0.742. The first kappa shape index (κ1) is 29.8. The predicted octanol–water partition coefficient (Wildman–Crippen LogP) is 6.89. The van der Waals surface area contributed by atoms with Crippen molar-refractivity contribution in [3.8, 4) is 36.5 Å². The summed E-state index contributed by atoms with van der Waals surface area (Å²) in [6, 6.07) is 0. The average molecular weight is 437 g/mol. The molecule has 0 saturated carbocycles. The highest BCUT2D eigenvalue weighted by Gasteiger charge is 1.97. The van der Waals surface area contributed by atoms with Gasteiger partial charge in [0.1, 0.15) is 12.2 Å². The van der Waals surface area contributed by atoms with Crippen molar-refractivity contribution in [1.82, 2.24) is 0 Å². The summed E-state index contributed by atoms with van der Waals surface area (Å²) >= 11 is 0. The van der Waals surface area contributed by atoms with Gasteiger partial charge in [-0.3, -0.25) is 0 Å². The number of rotatable bonds is 19. The number of terminal acetylenes is 2. The molecule has 0 rings (SSSR count). The van der Waals surface area contributed by atoms with Gasteiger partial charge in [-0.1, -0.05) is 86.7 Å². The van der Waals surface area contributed by atoms with Gasteiger partial charge in [-0.05, 0) is 57.4 Å². The van der Waals surface area contributed by atoms with Gasteiger partial charge in [0.2, 0.25) is 0 Å². The molecule has 32 heavy (non-hydrogen) atoms. The molecule has 0 amide bonds. The van der Waals surface area contributed by atoms with Crippen LogP contribution in [-0.4, -0.2) is 22.4 Å². The van der Waals surface area contributed by atoms with Gasteiger partial charge in [-0.2, -0.15) is 0 Å². The Morgan fingerprint density at radius 2 is 1.25 bits per heavy atom. The molecule has 176 valence electrons. The van der Waals surface area contributed by atoms with Crippen LogP contribution in [0.4, 0.5) is 0 Å². The first-order chi connectivity index (χ1) is 15.7. The summed E-state index contributed by atoms with van der Waals surface area (Å²) in [7, 11) is 0. The Kier molecular flexibility index (Phi) is 23.4. The Morgan fingerprint density at radius 1 is 0.625 bits per heavy atom. The highest BCUT2D eigenvalue weighted by Crippen LogP contribution is 2.10. The van der Waals surface area contributed by atoms with E-state index in [2.05, 4.69) is 48.0 Å². The second-order valence-corrected chi connectivity index (χ2v) is 8.11. The molecular weight excluding hydrogens is 392 g/mol. The van der Waals surface area contributed by atoms with Crippen molar-refractivity contribution in [1.29, 1.82) is 0 Å². The van der Waals surface area contributed by atoms with Crippen LogP contribution in [0.2, 0.25) is 0 Å². The van der Waals surface area contributed by atoms with Crippen LogP contribution < -0.4 is 0 Å². The van der Waals surface area contributed by atoms with Gasteiger partial charge in [0.05, 0.1) is 0 Å². The third-order valence-corrected chi connectivity index (χ3v) is 5.15. The normalized spacial score (nSPS) is 13.1. The Bertz CT molecular complexity index is 645. The third-order valence-electron chi connectivity index (χ3n) is 5.15. The molecule has 2 N–H and O–H groups in total. The highest BCUT2D eigenvalue weighted by molar-refractivity contribution is 5.06. The summed E-state index contributed by atoms with van der Waals surface area (Å²) in [4.78, 5) is 0. The maximum atomic E-state index is 9.28. The van der Waals surface area contributed by atoms with E-state index < -0.39 is 12.2 Å². The lowest BCUT2D eigenvalue weighted by molar-refractivity contribution is 0.217. The summed E-state index contributed by atoms with van der Waals surface area (Å²) in [6.07, 6.45) is 39.1. The average Bonchev–Trinajstić information content (AvgIpc) is 2.81. The second-order valence-electron chi connectivity index (χ2n) is 8.11. The topological polar surface area (TPSA) is 40.5 Å². The van der Waals surface area contributed by atoms with Crippen LogP contribution >= 0.6 is 0 Å². The van der Waals surface area contributed by atoms with E-state index in [9.17, 15) is 10.2 Å². The van der Waals surface area contributed by atoms with E-state index in [1.165, 1.54) is 44.9 Å². The molecule has 2 atom stereocenters. The molecule has 0 aromatic heterocycles. The van der Waals surface area contributed by atoms with Crippen molar-refractivity contribution in [3.63, 3.8) is 0 Å². The fraction of sp³-hybridized carbons (Fsp3) is 0.600. The maximum Gasteiger partial charge on any atom is 0.133 e. The van der Waals surface area contributed by atoms with Crippen molar-refractivity contribution >= 4 is 0 Å². The van der Waals surface area contributed by atoms with E-state index in [-0.39, 0.29) is 0 Å². The lowest BCUT2D eigenvalue weighted by atomic mass is 10.1. The van der Waals surface area contributed by atoms with E-state index in [1.54, 1.807) is 6.08 Å². The molecule has 0 aromatic carbocycles. The monoisotopic (exact) mass is 436 g/mol. The minimum Gasteiger partial charge on any atom is -0.380 e. The van der Waals surface area contributed by atoms with Crippen LogP contribution in [0.3, 0.4) is 0 Å². The molecule has 0 unspecified atom stereocenters. The van der Waals surface area contributed by atoms with Crippen LogP contribution in [0, 0.1) is 36.5 Å². The van der Waals surface area contributed by atoms with E-state index in [4.69, 9.17) is 12.8 Å². The van der Waals surface area contributed by atoms with Gasteiger partial charge in [-0.25, -0.2) is 0 Å². The summed E-state index contributed by atoms with van der Waals surface area (Å²) in [5.41, 5.74) is 0. The number of hydrogen-bond donors (Lipinski definition) is 2. The summed E-state index contributed by atoms with van der Waals surface area (Å²) in [5, 5.41) is 18.5. The largest absolute Gasteiger partial charge is 0.380 e. The van der Waals surface area contributed by atoms with Gasteiger partial charge >= 0.3 is 0 Å². The van der Waals surface area contributed by atoms with Gasteiger partial charge < -0.3 is 10.2 Å². The van der Waals surface area contributed by atoms with Crippen LogP contribution in [0.25, 0.3) is 0 Å². The van der Waals surface area contributed by atoms with Crippen LogP contribution in [0.15, 0.2) is 36.5 Å². The van der Waals surface area contributed by atoms with Crippen molar-refractivity contribution in [2.45, 2.75) is 115 Å². The van der Waals surface area contributed by atoms with E-state index in [0.717, 1.165) is 57.8 Å². The molecular formula is C30H44O2. The molecule has 0 bridgehead atoms. The number of aliphatic hydroxyl groups is 2. The van der Waals surface area contributed by atoms with Gasteiger partial charge in [0.25, 0.3) is 0 Å². The Hall–Kier alpha value is -2.18. The lowest BCUT2D eigenvalue weighted by Crippen LogP contribution is -2.01. The van der Waals surface area contributed by atoms with Crippen LogP contribution in [0.5, 0.6) is 0 Å². The second kappa shape index (κ2) is 25.1. The van der Waals surface area contributed by atoms with Crippen molar-refractivity contribution in [3.05, 3.63) is 36.5 Å². The van der Waals surface area contributed by atoms with Crippen LogP contribution in [0.1, 0.15) is 103 Å². The van der Waals surface area contributed by atoms with Crippen molar-refractivity contribution < 1.29 is 10.2 Å². The Morgan fingerprint density at radius 3 is 1.97 bits per heavy atom. The first-order valence-electron chi connectivity index (χ1n) is 12.4. The maximum absolute atomic E-state index is 9.28. The third kappa shape index (κ3) is 24.1. The SMILES string of the molecule is C#C[C@@H](O)/C=C/CCCCCCC#CC/C=C\C/C=C\CCCCCCCC[C@@H](O)C#C. The number of aliphatic hydroxyl groups excluding tert-OH is 2. The lowest BCUT2D eigenvalue weighted by Gasteiger charge is -2.03. The quantitative estimate of drug-likeness (QED) is 0.131. The molecule has 0 fully saturated rings. The fourth-order valence-corrected chi connectivity index (χ4v) is 3.19. The number of allylic oxidation sites excluding steroid dienone is 5. The highest BCUT2D eigenvalue weighted by atomic mass is 16.3. The van der Waals surface area contributed by atoms with Crippen LogP contribution in [-0.2, 0) is 0 Å². The molecule has 0 spiro atoms. The van der Waals surface area contributed by atoms with Gasteiger partial charge in [0.15, 0.2) is 0 Å². The smallest absolute Gasteiger partial charge is 0.133 e. The zero-order chi connectivity index (χ0) is 23.5. The molecule has 0 heterocycles. The number of unbranched alkanes of at least 4 members (excludes halogenated alkanes) is 11. The fourth-order valence-electron chi connectivity index (χ4n) is 3.19.